The summed E-state index contributed by atoms with van der Waals surface area (Å²) in [5, 5.41) is 0. The van der Waals surface area contributed by atoms with E-state index in [0.29, 0.717) is 19.5 Å². The van der Waals surface area contributed by atoms with Crippen LogP contribution in [0.25, 0.3) is 0 Å². The minimum Gasteiger partial charge on any atom is -0.294 e. The van der Waals surface area contributed by atoms with E-state index >= 15 is 0 Å². The molecular weight excluding hydrogens is 167 g/mol. The van der Waals surface area contributed by atoms with Crippen LogP contribution in [-0.4, -0.2) is 30.7 Å². The second-order valence-electron chi connectivity index (χ2n) is 2.44. The van der Waals surface area contributed by atoms with Gasteiger partial charge in [0.1, 0.15) is 0 Å². The minimum absolute atomic E-state index is 0.312. The van der Waals surface area contributed by atoms with Crippen molar-refractivity contribution in [3.05, 3.63) is 0 Å². The molecule has 0 saturated heterocycles. The Labute approximate surface area is 70.5 Å². The summed E-state index contributed by atoms with van der Waals surface area (Å²) in [5.74, 6) is 2.31. The van der Waals surface area contributed by atoms with Crippen molar-refractivity contribution in [1.29, 1.82) is 0 Å². The lowest BCUT2D eigenvalue weighted by atomic mass is 10.4. The van der Waals surface area contributed by atoms with Crippen molar-refractivity contribution in [1.82, 2.24) is 4.90 Å². The lowest BCUT2D eigenvalue weighted by Crippen LogP contribution is -2.34. The van der Waals surface area contributed by atoms with E-state index in [1.807, 2.05) is 0 Å². The van der Waals surface area contributed by atoms with Gasteiger partial charge in [0.2, 0.25) is 0 Å². The van der Waals surface area contributed by atoms with Crippen molar-refractivity contribution in [3.8, 4) is 12.3 Å². The molecular formula is C8H12F3N. The number of hydrogen-bond acceptors (Lipinski definition) is 1. The van der Waals surface area contributed by atoms with Gasteiger partial charge in [-0.3, -0.25) is 4.90 Å². The smallest absolute Gasteiger partial charge is 0.294 e. The van der Waals surface area contributed by atoms with Crippen molar-refractivity contribution in [2.24, 2.45) is 0 Å². The van der Waals surface area contributed by atoms with Gasteiger partial charge in [-0.05, 0) is 6.54 Å². The van der Waals surface area contributed by atoms with E-state index in [9.17, 15) is 13.2 Å². The van der Waals surface area contributed by atoms with Gasteiger partial charge in [-0.2, -0.15) is 13.2 Å². The zero-order valence-electron chi connectivity index (χ0n) is 6.99. The summed E-state index contributed by atoms with van der Waals surface area (Å²) in [6.45, 7) is 1.50. The quantitative estimate of drug-likeness (QED) is 0.596. The predicted octanol–water partition coefficient (Wildman–Crippen LogP) is 1.89. The van der Waals surface area contributed by atoms with E-state index in [-0.39, 0.29) is 0 Å². The van der Waals surface area contributed by atoms with Crippen LogP contribution in [0.3, 0.4) is 0 Å². The Morgan fingerprint density at radius 1 is 1.42 bits per heavy atom. The highest BCUT2D eigenvalue weighted by Gasteiger charge is 2.29. The monoisotopic (exact) mass is 179 g/mol. The van der Waals surface area contributed by atoms with Crippen LogP contribution >= 0.6 is 0 Å². The van der Waals surface area contributed by atoms with Gasteiger partial charge >= 0.3 is 6.18 Å². The van der Waals surface area contributed by atoms with Crippen LogP contribution in [0, 0.1) is 12.3 Å². The summed E-state index contributed by atoms with van der Waals surface area (Å²) in [5.41, 5.74) is 0. The minimum atomic E-state index is -4.12. The number of nitrogens with zero attached hydrogens (tertiary/aromatic N) is 1. The highest BCUT2D eigenvalue weighted by molar-refractivity contribution is 4.84. The Morgan fingerprint density at radius 3 is 2.33 bits per heavy atom. The van der Waals surface area contributed by atoms with E-state index in [0.717, 1.165) is 0 Å². The summed E-state index contributed by atoms with van der Waals surface area (Å²) in [7, 11) is 0. The summed E-state index contributed by atoms with van der Waals surface area (Å²) in [6, 6.07) is 0. The van der Waals surface area contributed by atoms with Crippen LogP contribution in [0.15, 0.2) is 0 Å². The molecule has 0 saturated carbocycles. The van der Waals surface area contributed by atoms with Gasteiger partial charge < -0.3 is 0 Å². The van der Waals surface area contributed by atoms with Crippen LogP contribution < -0.4 is 0 Å². The third kappa shape index (κ3) is 6.05. The van der Waals surface area contributed by atoms with Crippen molar-refractivity contribution >= 4 is 0 Å². The molecule has 0 heterocycles. The standard InChI is InChI=1S/C8H12F3N/c1-3-5-6-12(4-2)7-8(9,10)11/h1H,4-7H2,2H3. The first-order chi connectivity index (χ1) is 5.49. The highest BCUT2D eigenvalue weighted by Crippen LogP contribution is 2.16. The Kier molecular flexibility index (Phi) is 4.75. The zero-order valence-corrected chi connectivity index (χ0v) is 6.99. The predicted molar refractivity (Wildman–Crippen MR) is 41.6 cm³/mol. The molecule has 70 valence electrons. The molecule has 12 heavy (non-hydrogen) atoms. The Hall–Kier alpha value is -0.690. The van der Waals surface area contributed by atoms with E-state index in [1.165, 1.54) is 4.90 Å². The van der Waals surface area contributed by atoms with Gasteiger partial charge in [0.25, 0.3) is 0 Å². The van der Waals surface area contributed by atoms with Crippen molar-refractivity contribution < 1.29 is 13.2 Å². The Morgan fingerprint density at radius 2 is 2.00 bits per heavy atom. The second kappa shape index (κ2) is 5.04. The lowest BCUT2D eigenvalue weighted by Gasteiger charge is -2.20. The van der Waals surface area contributed by atoms with Crippen LogP contribution in [0.2, 0.25) is 0 Å². The fraction of sp³-hybridized carbons (Fsp3) is 0.750. The number of halogens is 3. The molecule has 0 bridgehead atoms. The maximum absolute atomic E-state index is 11.8. The second-order valence-corrected chi connectivity index (χ2v) is 2.44. The molecule has 0 radical (unpaired) electrons. The van der Waals surface area contributed by atoms with Gasteiger partial charge in [0.05, 0.1) is 6.54 Å². The fourth-order valence-electron chi connectivity index (χ4n) is 0.825. The summed E-state index contributed by atoms with van der Waals surface area (Å²) in [6.07, 6.45) is 1.18. The molecule has 0 aromatic carbocycles. The van der Waals surface area contributed by atoms with Crippen molar-refractivity contribution in [3.63, 3.8) is 0 Å². The first-order valence-corrected chi connectivity index (χ1v) is 3.72. The normalized spacial score (nSPS) is 11.7. The number of terminal acetylenes is 1. The van der Waals surface area contributed by atoms with Crippen LogP contribution in [-0.2, 0) is 0 Å². The van der Waals surface area contributed by atoms with Crippen molar-refractivity contribution in [2.45, 2.75) is 19.5 Å². The van der Waals surface area contributed by atoms with Crippen LogP contribution in [0.1, 0.15) is 13.3 Å². The third-order valence-electron chi connectivity index (χ3n) is 1.42. The van der Waals surface area contributed by atoms with Crippen LogP contribution in [0.5, 0.6) is 0 Å². The average Bonchev–Trinajstić information content (AvgIpc) is 1.95. The van der Waals surface area contributed by atoms with E-state index in [4.69, 9.17) is 6.42 Å². The number of rotatable bonds is 4. The summed E-state index contributed by atoms with van der Waals surface area (Å²) >= 11 is 0. The molecule has 0 amide bonds. The average molecular weight is 179 g/mol. The van der Waals surface area contributed by atoms with Crippen molar-refractivity contribution in [2.75, 3.05) is 19.6 Å². The third-order valence-corrected chi connectivity index (χ3v) is 1.42. The first-order valence-electron chi connectivity index (χ1n) is 3.72. The molecule has 4 heteroatoms. The number of hydrogen-bond donors (Lipinski definition) is 0. The maximum atomic E-state index is 11.8. The van der Waals surface area contributed by atoms with Gasteiger partial charge in [-0.25, -0.2) is 0 Å². The highest BCUT2D eigenvalue weighted by atomic mass is 19.4. The van der Waals surface area contributed by atoms with Crippen LogP contribution in [0.4, 0.5) is 13.2 Å². The topological polar surface area (TPSA) is 3.24 Å². The van der Waals surface area contributed by atoms with Gasteiger partial charge in [0.15, 0.2) is 0 Å². The first kappa shape index (κ1) is 11.3. The molecule has 0 rings (SSSR count). The van der Waals surface area contributed by atoms with Gasteiger partial charge in [-0.1, -0.05) is 6.92 Å². The SMILES string of the molecule is C#CCCN(CC)CC(F)(F)F. The molecule has 0 aliphatic carbocycles. The molecule has 0 aromatic heterocycles. The number of alkyl halides is 3. The van der Waals surface area contributed by atoms with Gasteiger partial charge in [0, 0.05) is 13.0 Å². The zero-order chi connectivity index (χ0) is 9.61. The molecule has 0 N–H and O–H groups in total. The molecule has 0 aromatic rings. The van der Waals surface area contributed by atoms with E-state index in [2.05, 4.69) is 5.92 Å². The van der Waals surface area contributed by atoms with Gasteiger partial charge in [-0.15, -0.1) is 12.3 Å². The Balaban J connectivity index is 3.77. The Bertz CT molecular complexity index is 157. The molecule has 1 nitrogen and oxygen atoms in total. The lowest BCUT2D eigenvalue weighted by molar-refractivity contribution is -0.145. The fourth-order valence-corrected chi connectivity index (χ4v) is 0.825. The van der Waals surface area contributed by atoms with E-state index in [1.54, 1.807) is 6.92 Å². The largest absolute Gasteiger partial charge is 0.401 e. The molecule has 0 fully saturated rings. The molecule has 0 unspecified atom stereocenters. The summed E-state index contributed by atoms with van der Waals surface area (Å²) in [4.78, 5) is 1.28. The molecule has 0 atom stereocenters. The molecule has 0 aliphatic heterocycles. The maximum Gasteiger partial charge on any atom is 0.401 e. The molecule has 0 aliphatic rings. The summed E-state index contributed by atoms with van der Waals surface area (Å²) < 4.78 is 35.5. The molecule has 0 spiro atoms. The van der Waals surface area contributed by atoms with E-state index < -0.39 is 12.7 Å².